The van der Waals surface area contributed by atoms with Crippen LogP contribution >= 0.6 is 11.6 Å². The van der Waals surface area contributed by atoms with E-state index in [0.717, 1.165) is 16.3 Å². The summed E-state index contributed by atoms with van der Waals surface area (Å²) in [5.74, 6) is -0.672. The van der Waals surface area contributed by atoms with Crippen molar-refractivity contribution < 1.29 is 9.90 Å². The third-order valence-electron chi connectivity index (χ3n) is 2.35. The molecule has 0 amide bonds. The van der Waals surface area contributed by atoms with Crippen molar-refractivity contribution in [2.24, 2.45) is 5.92 Å². The minimum atomic E-state index is -0.767. The van der Waals surface area contributed by atoms with Crippen LogP contribution in [0.2, 0.25) is 5.02 Å². The van der Waals surface area contributed by atoms with E-state index in [1.807, 2.05) is 32.0 Å². The molecular weight excluding hydrogens is 226 g/mol. The van der Waals surface area contributed by atoms with E-state index in [9.17, 15) is 4.79 Å². The molecule has 3 nitrogen and oxygen atoms in total. The molecule has 0 fully saturated rings. The Bertz CT molecular complexity index is 379. The predicted molar refractivity (Wildman–Crippen MR) is 66.1 cm³/mol. The summed E-state index contributed by atoms with van der Waals surface area (Å²) in [6.07, 6.45) is 0.173. The molecule has 0 heterocycles. The first-order chi connectivity index (χ1) is 7.49. The molecule has 2 N–H and O–H groups in total. The van der Waals surface area contributed by atoms with Gasteiger partial charge in [0.25, 0.3) is 0 Å². The number of nitrogens with one attached hydrogen (secondary N) is 1. The summed E-state index contributed by atoms with van der Waals surface area (Å²) in [6.45, 7) is 4.47. The van der Waals surface area contributed by atoms with E-state index in [-0.39, 0.29) is 12.3 Å². The van der Waals surface area contributed by atoms with Gasteiger partial charge in [-0.1, -0.05) is 24.6 Å². The summed E-state index contributed by atoms with van der Waals surface area (Å²) >= 11 is 5.98. The SMILES string of the molecule is Cc1ccc(NCC(C)CC(=O)O)cc1Cl. The molecule has 4 heteroatoms. The van der Waals surface area contributed by atoms with E-state index in [1.165, 1.54) is 0 Å². The zero-order valence-corrected chi connectivity index (χ0v) is 10.2. The third kappa shape index (κ3) is 4.11. The summed E-state index contributed by atoms with van der Waals surface area (Å²) < 4.78 is 0. The lowest BCUT2D eigenvalue weighted by molar-refractivity contribution is -0.137. The van der Waals surface area contributed by atoms with Crippen molar-refractivity contribution in [2.45, 2.75) is 20.3 Å². The van der Waals surface area contributed by atoms with E-state index in [0.29, 0.717) is 6.54 Å². The highest BCUT2D eigenvalue weighted by Crippen LogP contribution is 2.20. The molecule has 0 bridgehead atoms. The molecule has 1 aromatic rings. The van der Waals surface area contributed by atoms with Crippen LogP contribution in [0.25, 0.3) is 0 Å². The van der Waals surface area contributed by atoms with E-state index < -0.39 is 5.97 Å². The number of hydrogen-bond acceptors (Lipinski definition) is 2. The highest BCUT2D eigenvalue weighted by Gasteiger charge is 2.07. The van der Waals surface area contributed by atoms with Gasteiger partial charge >= 0.3 is 5.97 Å². The smallest absolute Gasteiger partial charge is 0.303 e. The third-order valence-corrected chi connectivity index (χ3v) is 2.76. The number of aliphatic carboxylic acids is 1. The molecule has 0 aliphatic heterocycles. The summed E-state index contributed by atoms with van der Waals surface area (Å²) in [5.41, 5.74) is 1.96. The number of carbonyl (C=O) groups is 1. The van der Waals surface area contributed by atoms with Gasteiger partial charge in [-0.05, 0) is 30.5 Å². The van der Waals surface area contributed by atoms with Crippen molar-refractivity contribution in [3.63, 3.8) is 0 Å². The number of halogens is 1. The average molecular weight is 242 g/mol. The van der Waals surface area contributed by atoms with E-state index >= 15 is 0 Å². The van der Waals surface area contributed by atoms with Gasteiger partial charge in [-0.25, -0.2) is 0 Å². The van der Waals surface area contributed by atoms with Gasteiger partial charge in [0.2, 0.25) is 0 Å². The Hall–Kier alpha value is -1.22. The fraction of sp³-hybridized carbons (Fsp3) is 0.417. The monoisotopic (exact) mass is 241 g/mol. The second kappa shape index (κ2) is 5.75. The van der Waals surface area contributed by atoms with Crippen molar-refractivity contribution in [1.82, 2.24) is 0 Å². The molecule has 1 rings (SSSR count). The number of aryl methyl sites for hydroxylation is 1. The van der Waals surface area contributed by atoms with Crippen molar-refractivity contribution in [3.05, 3.63) is 28.8 Å². The Kier molecular flexibility index (Phi) is 4.62. The van der Waals surface area contributed by atoms with E-state index in [2.05, 4.69) is 5.32 Å². The molecule has 16 heavy (non-hydrogen) atoms. The fourth-order valence-electron chi connectivity index (χ4n) is 1.37. The first-order valence-electron chi connectivity index (χ1n) is 5.21. The quantitative estimate of drug-likeness (QED) is 0.833. The molecular formula is C12H16ClNO2. The molecule has 0 spiro atoms. The second-order valence-electron chi connectivity index (χ2n) is 4.05. The first kappa shape index (κ1) is 12.8. The number of carboxylic acids is 1. The summed E-state index contributed by atoms with van der Waals surface area (Å²) in [4.78, 5) is 10.5. The van der Waals surface area contributed by atoms with Gasteiger partial charge in [-0.2, -0.15) is 0 Å². The Morgan fingerprint density at radius 3 is 2.81 bits per heavy atom. The maximum atomic E-state index is 10.5. The predicted octanol–water partition coefficient (Wildman–Crippen LogP) is 3.17. The van der Waals surface area contributed by atoms with Crippen LogP contribution in [0.15, 0.2) is 18.2 Å². The van der Waals surface area contributed by atoms with Crippen molar-refractivity contribution in [2.75, 3.05) is 11.9 Å². The second-order valence-corrected chi connectivity index (χ2v) is 4.46. The summed E-state index contributed by atoms with van der Waals surface area (Å²) in [7, 11) is 0. The molecule has 0 aromatic heterocycles. The van der Waals surface area contributed by atoms with Crippen molar-refractivity contribution >= 4 is 23.3 Å². The number of benzene rings is 1. The molecule has 1 aromatic carbocycles. The van der Waals surface area contributed by atoms with Crippen molar-refractivity contribution in [1.29, 1.82) is 0 Å². The molecule has 0 saturated carbocycles. The molecule has 0 aliphatic rings. The van der Waals surface area contributed by atoms with Crippen molar-refractivity contribution in [3.8, 4) is 0 Å². The molecule has 0 radical (unpaired) electrons. The van der Waals surface area contributed by atoms with Crippen LogP contribution in [0.5, 0.6) is 0 Å². The van der Waals surface area contributed by atoms with E-state index in [4.69, 9.17) is 16.7 Å². The van der Waals surface area contributed by atoms with Crippen LogP contribution in [0.1, 0.15) is 18.9 Å². The van der Waals surface area contributed by atoms with Crippen LogP contribution in [0, 0.1) is 12.8 Å². The Morgan fingerprint density at radius 1 is 1.56 bits per heavy atom. The van der Waals surface area contributed by atoms with Gasteiger partial charge in [-0.3, -0.25) is 4.79 Å². The molecule has 1 atom stereocenters. The largest absolute Gasteiger partial charge is 0.481 e. The molecule has 0 aliphatic carbocycles. The van der Waals surface area contributed by atoms with Gasteiger partial charge in [0, 0.05) is 23.7 Å². The molecule has 0 saturated heterocycles. The van der Waals surface area contributed by atoms with Gasteiger partial charge in [0.1, 0.15) is 0 Å². The minimum absolute atomic E-state index is 0.0950. The highest BCUT2D eigenvalue weighted by atomic mass is 35.5. The van der Waals surface area contributed by atoms with Gasteiger partial charge in [-0.15, -0.1) is 0 Å². The lowest BCUT2D eigenvalue weighted by atomic mass is 10.1. The van der Waals surface area contributed by atoms with Crippen LogP contribution in [0.3, 0.4) is 0 Å². The van der Waals surface area contributed by atoms with Gasteiger partial charge in [0.15, 0.2) is 0 Å². The standard InChI is InChI=1S/C12H16ClNO2/c1-8(5-12(15)16)7-14-10-4-3-9(2)11(13)6-10/h3-4,6,8,14H,5,7H2,1-2H3,(H,15,16). The summed E-state index contributed by atoms with van der Waals surface area (Å²) in [5, 5.41) is 12.5. The Labute approximate surface area is 100 Å². The maximum absolute atomic E-state index is 10.5. The van der Waals surface area contributed by atoms with E-state index in [1.54, 1.807) is 0 Å². The Morgan fingerprint density at radius 2 is 2.25 bits per heavy atom. The van der Waals surface area contributed by atoms with Crippen LogP contribution < -0.4 is 5.32 Å². The van der Waals surface area contributed by atoms with Crippen LogP contribution in [-0.2, 0) is 4.79 Å². The number of hydrogen-bond donors (Lipinski definition) is 2. The lowest BCUT2D eigenvalue weighted by Crippen LogP contribution is -2.14. The number of anilines is 1. The fourth-order valence-corrected chi connectivity index (χ4v) is 1.55. The number of rotatable bonds is 5. The van der Waals surface area contributed by atoms with Crippen LogP contribution in [-0.4, -0.2) is 17.6 Å². The minimum Gasteiger partial charge on any atom is -0.481 e. The van der Waals surface area contributed by atoms with Crippen LogP contribution in [0.4, 0.5) is 5.69 Å². The van der Waals surface area contributed by atoms with Gasteiger partial charge < -0.3 is 10.4 Å². The zero-order valence-electron chi connectivity index (χ0n) is 9.46. The summed E-state index contributed by atoms with van der Waals surface area (Å²) in [6, 6.07) is 5.73. The molecule has 1 unspecified atom stereocenters. The number of carboxylic acid groups (broad SMARTS) is 1. The first-order valence-corrected chi connectivity index (χ1v) is 5.58. The highest BCUT2D eigenvalue weighted by molar-refractivity contribution is 6.31. The Balaban J connectivity index is 2.48. The van der Waals surface area contributed by atoms with Gasteiger partial charge in [0.05, 0.1) is 0 Å². The average Bonchev–Trinajstić information content (AvgIpc) is 2.19. The normalized spacial score (nSPS) is 12.2. The molecule has 88 valence electrons. The maximum Gasteiger partial charge on any atom is 0.303 e. The topological polar surface area (TPSA) is 49.3 Å². The zero-order chi connectivity index (χ0) is 12.1. The lowest BCUT2D eigenvalue weighted by Gasteiger charge is -2.12.